The minimum absolute atomic E-state index is 0.181. The highest BCUT2D eigenvalue weighted by molar-refractivity contribution is 9.10. The van der Waals surface area contributed by atoms with E-state index in [0.717, 1.165) is 28.4 Å². The van der Waals surface area contributed by atoms with Crippen LogP contribution in [-0.2, 0) is 19.4 Å². The molecular weight excluding hydrogens is 400 g/mol. The van der Waals surface area contributed by atoms with Gasteiger partial charge in [0, 0.05) is 22.6 Å². The average Bonchev–Trinajstić information content (AvgIpc) is 3.15. The Morgan fingerprint density at radius 1 is 1.12 bits per heavy atom. The van der Waals surface area contributed by atoms with E-state index < -0.39 is 0 Å². The largest absolute Gasteiger partial charge is 0.508 e. The smallest absolute Gasteiger partial charge is 0.280 e. The fourth-order valence-corrected chi connectivity index (χ4v) is 3.61. The van der Waals surface area contributed by atoms with E-state index in [1.807, 2.05) is 24.3 Å². The number of hydrogen-bond acceptors (Lipinski definition) is 4. The Hall–Kier alpha value is -2.18. The van der Waals surface area contributed by atoms with Gasteiger partial charge >= 0.3 is 0 Å². The second-order valence-corrected chi connectivity index (χ2v) is 7.31. The number of benzene rings is 2. The van der Waals surface area contributed by atoms with Gasteiger partial charge in [0.15, 0.2) is 5.01 Å². The van der Waals surface area contributed by atoms with Crippen molar-refractivity contribution in [3.05, 3.63) is 80.2 Å². The van der Waals surface area contributed by atoms with Gasteiger partial charge in [0.05, 0.1) is 0 Å². The molecule has 2 N–H and O–H groups in total. The molecule has 0 aliphatic rings. The monoisotopic (exact) mass is 416 g/mol. The van der Waals surface area contributed by atoms with Crippen LogP contribution in [0.4, 0.5) is 0 Å². The van der Waals surface area contributed by atoms with Gasteiger partial charge in [-0.25, -0.2) is 4.98 Å². The highest BCUT2D eigenvalue weighted by Gasteiger charge is 2.10. The molecule has 128 valence electrons. The Morgan fingerprint density at radius 3 is 2.68 bits per heavy atom. The van der Waals surface area contributed by atoms with Crippen molar-refractivity contribution in [2.24, 2.45) is 0 Å². The van der Waals surface area contributed by atoms with E-state index in [2.05, 4.69) is 32.3 Å². The summed E-state index contributed by atoms with van der Waals surface area (Å²) in [7, 11) is 0. The van der Waals surface area contributed by atoms with Crippen LogP contribution in [0.2, 0.25) is 0 Å². The molecule has 25 heavy (non-hydrogen) atoms. The van der Waals surface area contributed by atoms with Crippen molar-refractivity contribution >= 4 is 33.2 Å². The molecule has 3 aromatic rings. The maximum absolute atomic E-state index is 12.1. The first-order valence-electron chi connectivity index (χ1n) is 7.85. The Morgan fingerprint density at radius 2 is 1.92 bits per heavy atom. The summed E-state index contributed by atoms with van der Waals surface area (Å²) >= 11 is 4.88. The summed E-state index contributed by atoms with van der Waals surface area (Å²) in [5.74, 6) is 0.0527. The van der Waals surface area contributed by atoms with Crippen molar-refractivity contribution in [3.63, 3.8) is 0 Å². The Labute approximate surface area is 158 Å². The molecule has 0 spiro atoms. The number of thiazole rings is 1. The maximum atomic E-state index is 12.1. The molecule has 0 atom stereocenters. The molecule has 2 aromatic carbocycles. The van der Waals surface area contributed by atoms with Crippen LogP contribution >= 0.6 is 27.3 Å². The van der Waals surface area contributed by atoms with Crippen molar-refractivity contribution in [1.82, 2.24) is 10.3 Å². The van der Waals surface area contributed by atoms with Gasteiger partial charge in [0.25, 0.3) is 5.91 Å². The quantitative estimate of drug-likeness (QED) is 0.628. The van der Waals surface area contributed by atoms with Crippen LogP contribution in [0.3, 0.4) is 0 Å². The van der Waals surface area contributed by atoms with E-state index in [9.17, 15) is 9.90 Å². The molecule has 0 fully saturated rings. The molecule has 1 aromatic heterocycles. The second-order valence-electron chi connectivity index (χ2n) is 5.56. The molecule has 3 rings (SSSR count). The molecular formula is C19H17BrN2O2S. The number of aromatic nitrogens is 1. The average molecular weight is 417 g/mol. The first kappa shape index (κ1) is 17.6. The molecule has 4 nitrogen and oxygen atoms in total. The first-order chi connectivity index (χ1) is 12.1. The number of phenolic OH excluding ortho intramolecular Hbond substituents is 1. The zero-order valence-corrected chi connectivity index (χ0v) is 15.8. The highest BCUT2D eigenvalue weighted by atomic mass is 79.9. The molecule has 0 aliphatic carbocycles. The molecule has 1 heterocycles. The number of carbonyl (C=O) groups excluding carboxylic acids is 1. The third-order valence-electron chi connectivity index (χ3n) is 3.88. The number of aromatic hydroxyl groups is 1. The number of nitrogens with zero attached hydrogens (tertiary/aromatic N) is 1. The minimum Gasteiger partial charge on any atom is -0.508 e. The number of amides is 1. The molecule has 0 saturated heterocycles. The number of nitrogens with one attached hydrogen (secondary N) is 1. The third kappa shape index (κ3) is 4.67. The summed E-state index contributed by atoms with van der Waals surface area (Å²) in [6.45, 7) is 0.407. The van der Waals surface area contributed by atoms with Crippen LogP contribution in [0, 0.1) is 0 Å². The van der Waals surface area contributed by atoms with Crippen LogP contribution in [-0.4, -0.2) is 16.0 Å². The van der Waals surface area contributed by atoms with Crippen LogP contribution in [0.25, 0.3) is 0 Å². The fourth-order valence-electron chi connectivity index (χ4n) is 2.57. The third-order valence-corrected chi connectivity index (χ3v) is 5.42. The lowest BCUT2D eigenvalue weighted by Crippen LogP contribution is -2.23. The van der Waals surface area contributed by atoms with Gasteiger partial charge < -0.3 is 10.4 Å². The van der Waals surface area contributed by atoms with E-state index in [1.165, 1.54) is 16.9 Å². The van der Waals surface area contributed by atoms with Gasteiger partial charge in [0.1, 0.15) is 5.75 Å². The van der Waals surface area contributed by atoms with Crippen molar-refractivity contribution in [2.75, 3.05) is 0 Å². The summed E-state index contributed by atoms with van der Waals surface area (Å²) in [6.07, 6.45) is 3.24. The SMILES string of the molecule is O=C(NCc1ccc(O)cc1CCc1ccccc1Br)c1nccs1. The first-order valence-corrected chi connectivity index (χ1v) is 9.52. The number of carbonyl (C=O) groups is 1. The molecule has 0 aliphatic heterocycles. The fraction of sp³-hybridized carbons (Fsp3) is 0.158. The lowest BCUT2D eigenvalue weighted by molar-refractivity contribution is 0.0950. The predicted octanol–water partition coefficient (Wildman–Crippen LogP) is 4.33. The summed E-state index contributed by atoms with van der Waals surface area (Å²) in [5, 5.41) is 14.9. The van der Waals surface area contributed by atoms with E-state index in [1.54, 1.807) is 23.7 Å². The van der Waals surface area contributed by atoms with Gasteiger partial charge in [0.2, 0.25) is 0 Å². The Bertz CT molecular complexity index is 866. The minimum atomic E-state index is -0.181. The summed E-state index contributed by atoms with van der Waals surface area (Å²) < 4.78 is 1.08. The van der Waals surface area contributed by atoms with E-state index in [-0.39, 0.29) is 11.7 Å². The number of phenols is 1. The van der Waals surface area contributed by atoms with Crippen LogP contribution in [0.5, 0.6) is 5.75 Å². The summed E-state index contributed by atoms with van der Waals surface area (Å²) in [5.41, 5.74) is 3.23. The molecule has 0 bridgehead atoms. The molecule has 6 heteroatoms. The van der Waals surface area contributed by atoms with Gasteiger partial charge in [-0.3, -0.25) is 4.79 Å². The van der Waals surface area contributed by atoms with E-state index in [4.69, 9.17) is 0 Å². The highest BCUT2D eigenvalue weighted by Crippen LogP contribution is 2.22. The number of hydrogen-bond donors (Lipinski definition) is 2. The number of rotatable bonds is 6. The van der Waals surface area contributed by atoms with Crippen LogP contribution in [0.1, 0.15) is 26.5 Å². The van der Waals surface area contributed by atoms with Crippen LogP contribution < -0.4 is 5.32 Å². The summed E-state index contributed by atoms with van der Waals surface area (Å²) in [6, 6.07) is 13.4. The maximum Gasteiger partial charge on any atom is 0.280 e. The lowest BCUT2D eigenvalue weighted by Gasteiger charge is -2.12. The predicted molar refractivity (Wildman–Crippen MR) is 103 cm³/mol. The van der Waals surface area contributed by atoms with Gasteiger partial charge in [-0.1, -0.05) is 40.2 Å². The molecule has 0 saturated carbocycles. The Kier molecular flexibility index (Phi) is 5.83. The zero-order valence-electron chi connectivity index (χ0n) is 13.4. The van der Waals surface area contributed by atoms with Crippen molar-refractivity contribution in [2.45, 2.75) is 19.4 Å². The Balaban J connectivity index is 1.70. The number of aryl methyl sites for hydroxylation is 2. The van der Waals surface area contributed by atoms with E-state index in [0.29, 0.717) is 11.6 Å². The molecule has 1 amide bonds. The van der Waals surface area contributed by atoms with Gasteiger partial charge in [-0.05, 0) is 47.7 Å². The topological polar surface area (TPSA) is 62.2 Å². The van der Waals surface area contributed by atoms with E-state index >= 15 is 0 Å². The van der Waals surface area contributed by atoms with Crippen LogP contribution in [0.15, 0.2) is 58.5 Å². The zero-order chi connectivity index (χ0) is 17.6. The summed E-state index contributed by atoms with van der Waals surface area (Å²) in [4.78, 5) is 16.1. The molecule has 0 unspecified atom stereocenters. The lowest BCUT2D eigenvalue weighted by atomic mass is 9.99. The van der Waals surface area contributed by atoms with Gasteiger partial charge in [-0.2, -0.15) is 0 Å². The number of halogens is 1. The van der Waals surface area contributed by atoms with Crippen molar-refractivity contribution < 1.29 is 9.90 Å². The van der Waals surface area contributed by atoms with Crippen molar-refractivity contribution in [1.29, 1.82) is 0 Å². The second kappa shape index (κ2) is 8.27. The molecule has 0 radical (unpaired) electrons. The standard InChI is InChI=1S/C19H17BrN2O2S/c20-17-4-2-1-3-13(17)5-6-14-11-16(23)8-7-15(14)12-22-18(24)19-21-9-10-25-19/h1-4,7-11,23H,5-6,12H2,(H,22,24). The van der Waals surface area contributed by atoms with Crippen molar-refractivity contribution in [3.8, 4) is 5.75 Å². The normalized spacial score (nSPS) is 10.6. The van der Waals surface area contributed by atoms with Gasteiger partial charge in [-0.15, -0.1) is 11.3 Å².